The van der Waals surface area contributed by atoms with Gasteiger partial charge in [0.25, 0.3) is 0 Å². The minimum Gasteiger partial charge on any atom is -0.306 e. The summed E-state index contributed by atoms with van der Waals surface area (Å²) in [4.78, 5) is 0. The van der Waals surface area contributed by atoms with Crippen molar-refractivity contribution >= 4 is 0 Å². The van der Waals surface area contributed by atoms with Crippen LogP contribution in [-0.2, 0) is 6.54 Å². The van der Waals surface area contributed by atoms with Crippen LogP contribution in [0.15, 0.2) is 60.8 Å². The van der Waals surface area contributed by atoms with Crippen LogP contribution in [-0.4, -0.2) is 9.78 Å². The average Bonchev–Trinajstić information content (AvgIpc) is 2.95. The lowest BCUT2D eigenvalue weighted by atomic mass is 10.1. The van der Waals surface area contributed by atoms with Crippen molar-refractivity contribution in [3.63, 3.8) is 0 Å². The molecule has 0 aliphatic carbocycles. The second-order valence-electron chi connectivity index (χ2n) is 5.67. The van der Waals surface area contributed by atoms with Crippen molar-refractivity contribution in [3.8, 4) is 5.69 Å². The van der Waals surface area contributed by atoms with Crippen molar-refractivity contribution in [3.05, 3.63) is 83.4 Å². The van der Waals surface area contributed by atoms with Crippen LogP contribution < -0.4 is 5.32 Å². The van der Waals surface area contributed by atoms with Gasteiger partial charge in [-0.3, -0.25) is 0 Å². The molecule has 0 amide bonds. The predicted octanol–water partition coefficient (Wildman–Crippen LogP) is 4.17. The number of nitrogens with one attached hydrogen (secondary N) is 1. The van der Waals surface area contributed by atoms with Crippen molar-refractivity contribution < 1.29 is 4.39 Å². The van der Waals surface area contributed by atoms with Gasteiger partial charge < -0.3 is 5.32 Å². The highest BCUT2D eigenvalue weighted by Crippen LogP contribution is 2.21. The Labute approximate surface area is 135 Å². The van der Waals surface area contributed by atoms with Gasteiger partial charge in [0.2, 0.25) is 0 Å². The monoisotopic (exact) mass is 309 g/mol. The third-order valence-electron chi connectivity index (χ3n) is 4.02. The number of rotatable bonds is 5. The molecule has 23 heavy (non-hydrogen) atoms. The lowest BCUT2D eigenvalue weighted by molar-refractivity contribution is 0.571. The fourth-order valence-electron chi connectivity index (χ4n) is 2.69. The van der Waals surface area contributed by atoms with E-state index in [0.717, 1.165) is 23.5 Å². The Hall–Kier alpha value is -2.46. The summed E-state index contributed by atoms with van der Waals surface area (Å²) in [7, 11) is 0. The van der Waals surface area contributed by atoms with Crippen LogP contribution >= 0.6 is 0 Å². The molecule has 0 unspecified atom stereocenters. The molecule has 1 aromatic heterocycles. The van der Waals surface area contributed by atoms with E-state index in [2.05, 4.69) is 29.5 Å². The van der Waals surface area contributed by atoms with Crippen molar-refractivity contribution in [2.24, 2.45) is 0 Å². The smallest absolute Gasteiger partial charge is 0.125 e. The molecule has 0 fully saturated rings. The molecule has 3 aromatic rings. The zero-order valence-electron chi connectivity index (χ0n) is 13.3. The molecule has 0 saturated heterocycles. The van der Waals surface area contributed by atoms with Gasteiger partial charge in [0.05, 0.1) is 11.9 Å². The second kappa shape index (κ2) is 6.75. The van der Waals surface area contributed by atoms with Gasteiger partial charge in [0.1, 0.15) is 5.82 Å². The molecule has 2 aromatic carbocycles. The molecular formula is C19H20FN3. The minimum absolute atomic E-state index is 0.164. The highest BCUT2D eigenvalue weighted by Gasteiger charge is 2.14. The van der Waals surface area contributed by atoms with Crippen molar-refractivity contribution in [2.45, 2.75) is 26.4 Å². The Balaban J connectivity index is 1.76. The summed E-state index contributed by atoms with van der Waals surface area (Å²) in [5.41, 5.74) is 4.12. The Bertz CT molecular complexity index is 780. The molecule has 0 radical (unpaired) electrons. The molecule has 1 N–H and O–H groups in total. The molecular weight excluding hydrogens is 289 g/mol. The van der Waals surface area contributed by atoms with Crippen LogP contribution in [0.3, 0.4) is 0 Å². The number of halogens is 1. The third-order valence-corrected chi connectivity index (χ3v) is 4.02. The topological polar surface area (TPSA) is 29.9 Å². The van der Waals surface area contributed by atoms with Crippen molar-refractivity contribution in [1.82, 2.24) is 15.1 Å². The van der Waals surface area contributed by atoms with E-state index in [0.29, 0.717) is 0 Å². The Morgan fingerprint density at radius 2 is 1.91 bits per heavy atom. The van der Waals surface area contributed by atoms with Gasteiger partial charge in [0.15, 0.2) is 0 Å². The second-order valence-corrected chi connectivity index (χ2v) is 5.67. The van der Waals surface area contributed by atoms with Crippen LogP contribution in [0.25, 0.3) is 5.69 Å². The lowest BCUT2D eigenvalue weighted by Crippen LogP contribution is -2.18. The number of nitrogens with zero attached hydrogens (tertiary/aromatic N) is 2. The minimum atomic E-state index is -0.255. The highest BCUT2D eigenvalue weighted by molar-refractivity contribution is 5.35. The maximum atomic E-state index is 13.4. The predicted molar refractivity (Wildman–Crippen MR) is 90.0 cm³/mol. The van der Waals surface area contributed by atoms with E-state index < -0.39 is 0 Å². The van der Waals surface area contributed by atoms with Crippen molar-refractivity contribution in [2.75, 3.05) is 0 Å². The molecule has 3 rings (SSSR count). The number of aromatic nitrogens is 2. The van der Waals surface area contributed by atoms with E-state index in [4.69, 9.17) is 0 Å². The molecule has 1 atom stereocenters. The van der Waals surface area contributed by atoms with E-state index in [1.54, 1.807) is 10.7 Å². The van der Waals surface area contributed by atoms with Crippen LogP contribution in [0.4, 0.5) is 4.39 Å². The standard InChI is InChI=1S/C19H20FN3/c1-14(21-12-16-7-4-3-5-8-16)19-13-22-23(15(19)2)18-10-6-9-17(20)11-18/h3-11,13-14,21H,12H2,1-2H3/t14-/m1/s1. The van der Waals surface area contributed by atoms with E-state index in [-0.39, 0.29) is 11.9 Å². The summed E-state index contributed by atoms with van der Waals surface area (Å²) in [6.07, 6.45) is 1.85. The van der Waals surface area contributed by atoms with Crippen LogP contribution in [0.1, 0.15) is 29.8 Å². The zero-order valence-corrected chi connectivity index (χ0v) is 13.3. The molecule has 0 aliphatic heterocycles. The quantitative estimate of drug-likeness (QED) is 0.766. The Kier molecular flexibility index (Phi) is 4.53. The average molecular weight is 309 g/mol. The Morgan fingerprint density at radius 3 is 2.65 bits per heavy atom. The SMILES string of the molecule is Cc1c([C@@H](C)NCc2ccccc2)cnn1-c1cccc(F)c1. The summed E-state index contributed by atoms with van der Waals surface area (Å²) in [6.45, 7) is 4.92. The van der Waals surface area contributed by atoms with Gasteiger partial charge in [-0.1, -0.05) is 36.4 Å². The largest absolute Gasteiger partial charge is 0.306 e. The third kappa shape index (κ3) is 3.48. The molecule has 0 saturated carbocycles. The van der Waals surface area contributed by atoms with E-state index in [1.807, 2.05) is 37.4 Å². The van der Waals surface area contributed by atoms with E-state index >= 15 is 0 Å². The number of hydrogen-bond donors (Lipinski definition) is 1. The number of hydrogen-bond acceptors (Lipinski definition) is 2. The number of benzene rings is 2. The first-order chi connectivity index (χ1) is 11.1. The Morgan fingerprint density at radius 1 is 1.13 bits per heavy atom. The summed E-state index contributed by atoms with van der Waals surface area (Å²) < 4.78 is 15.2. The summed E-state index contributed by atoms with van der Waals surface area (Å²) >= 11 is 0. The van der Waals surface area contributed by atoms with E-state index in [1.165, 1.54) is 17.7 Å². The van der Waals surface area contributed by atoms with Gasteiger partial charge in [-0.25, -0.2) is 9.07 Å². The van der Waals surface area contributed by atoms with Crippen LogP contribution in [0.5, 0.6) is 0 Å². The fourth-order valence-corrected chi connectivity index (χ4v) is 2.69. The molecule has 0 bridgehead atoms. The zero-order chi connectivity index (χ0) is 16.2. The molecule has 1 heterocycles. The normalized spacial score (nSPS) is 12.3. The van der Waals surface area contributed by atoms with E-state index in [9.17, 15) is 4.39 Å². The molecule has 4 heteroatoms. The van der Waals surface area contributed by atoms with Gasteiger partial charge in [-0.05, 0) is 37.6 Å². The maximum Gasteiger partial charge on any atom is 0.125 e. The van der Waals surface area contributed by atoms with Crippen molar-refractivity contribution in [1.29, 1.82) is 0 Å². The fraction of sp³-hybridized carbons (Fsp3) is 0.211. The summed E-state index contributed by atoms with van der Waals surface area (Å²) in [5.74, 6) is -0.255. The summed E-state index contributed by atoms with van der Waals surface area (Å²) in [5, 5.41) is 7.92. The highest BCUT2D eigenvalue weighted by atomic mass is 19.1. The molecule has 3 nitrogen and oxygen atoms in total. The molecule has 0 spiro atoms. The summed E-state index contributed by atoms with van der Waals surface area (Å²) in [6, 6.07) is 16.9. The first kappa shape index (κ1) is 15.4. The van der Waals surface area contributed by atoms with Gasteiger partial charge in [-0.2, -0.15) is 5.10 Å². The van der Waals surface area contributed by atoms with Gasteiger partial charge >= 0.3 is 0 Å². The maximum absolute atomic E-state index is 13.4. The lowest BCUT2D eigenvalue weighted by Gasteiger charge is -2.14. The van der Waals surface area contributed by atoms with Gasteiger partial charge in [0, 0.05) is 23.8 Å². The van der Waals surface area contributed by atoms with Crippen LogP contribution in [0.2, 0.25) is 0 Å². The first-order valence-electron chi connectivity index (χ1n) is 7.73. The van der Waals surface area contributed by atoms with Crippen LogP contribution in [0, 0.1) is 12.7 Å². The molecule has 0 aliphatic rings. The first-order valence-corrected chi connectivity index (χ1v) is 7.73. The van der Waals surface area contributed by atoms with Gasteiger partial charge in [-0.15, -0.1) is 0 Å². The molecule has 118 valence electrons.